The van der Waals surface area contributed by atoms with Gasteiger partial charge in [0.05, 0.1) is 11.4 Å². The number of unbranched alkanes of at least 4 members (excludes halogenated alkanes) is 1. The zero-order valence-corrected chi connectivity index (χ0v) is 29.3. The Bertz CT molecular complexity index is 1290. The van der Waals surface area contributed by atoms with Crippen LogP contribution in [-0.2, 0) is 0 Å². The molecule has 3 heterocycles. The molecule has 0 aromatic heterocycles. The molecule has 240 valence electrons. The first-order valence-electron chi connectivity index (χ1n) is 17.6. The van der Waals surface area contributed by atoms with Crippen molar-refractivity contribution in [2.24, 2.45) is 21.8 Å². The average Bonchev–Trinajstić information content (AvgIpc) is 2.97. The molecule has 4 heteroatoms. The summed E-state index contributed by atoms with van der Waals surface area (Å²) < 4.78 is 0. The van der Waals surface area contributed by atoms with Gasteiger partial charge in [0.15, 0.2) is 0 Å². The molecule has 0 aromatic rings. The fourth-order valence-electron chi connectivity index (χ4n) is 6.49. The lowest BCUT2D eigenvalue weighted by molar-refractivity contribution is 0.0915. The van der Waals surface area contributed by atoms with Crippen LogP contribution in [0.4, 0.5) is 0 Å². The minimum atomic E-state index is 0.653. The Morgan fingerprint density at radius 1 is 1.07 bits per heavy atom. The molecule has 4 nitrogen and oxygen atoms in total. The van der Waals surface area contributed by atoms with E-state index in [0.29, 0.717) is 5.92 Å². The Hall–Kier alpha value is -2.72. The standard InChI is InChI=1S/C30H40N4.C10H20/c1-20(2)21(3)17-27(31-5)28-18-29(24-8-6-9-24)34-19-25(16-22(4)30(34)32-28)23-12-14-33(15-13-23)26-10-7-11-26;1-5-7-8-10(4)9(3)6-2/h16-19,23,26H,1,6-15H2,2-5H3;8-9H,5-7H2,1-4H3/b21-17+,31-27?;10-8-. The van der Waals surface area contributed by atoms with E-state index < -0.39 is 0 Å². The monoisotopic (exact) mass is 596 g/mol. The molecular weight excluding hydrogens is 536 g/mol. The van der Waals surface area contributed by atoms with Crippen molar-refractivity contribution in [1.82, 2.24) is 9.80 Å². The van der Waals surface area contributed by atoms with Crippen molar-refractivity contribution >= 4 is 11.5 Å². The van der Waals surface area contributed by atoms with Crippen molar-refractivity contribution in [3.8, 4) is 0 Å². The fraction of sp³-hybridized carbons (Fsp3) is 0.600. The highest BCUT2D eigenvalue weighted by Gasteiger charge is 2.33. The first-order chi connectivity index (χ1) is 21.2. The average molecular weight is 597 g/mol. The van der Waals surface area contributed by atoms with Crippen molar-refractivity contribution in [2.75, 3.05) is 20.1 Å². The molecular formula is C40H60N4. The van der Waals surface area contributed by atoms with Crippen molar-refractivity contribution in [2.45, 2.75) is 125 Å². The number of hydrogen-bond acceptors (Lipinski definition) is 4. The SMILES string of the molecule is C=C(C)/C(C)=C/C(=NC)C1=CC(=C2CCC2)N2C=C(C3CCN(C4CCC4)CC3)C=C(C)C2=N1.CCC/C=C(/C)C(C)CC. The second-order valence-electron chi connectivity index (χ2n) is 13.8. The van der Waals surface area contributed by atoms with E-state index in [-0.39, 0.29) is 0 Å². The van der Waals surface area contributed by atoms with E-state index in [9.17, 15) is 0 Å². The molecule has 1 unspecified atom stereocenters. The molecule has 0 radical (unpaired) electrons. The van der Waals surface area contributed by atoms with Crippen LogP contribution in [-0.4, -0.2) is 47.5 Å². The summed E-state index contributed by atoms with van der Waals surface area (Å²) in [6.07, 6.45) is 25.8. The molecule has 2 aliphatic carbocycles. The Kier molecular flexibility index (Phi) is 12.4. The normalized spacial score (nSPS) is 22.9. The zero-order valence-electron chi connectivity index (χ0n) is 29.3. The number of hydrogen-bond donors (Lipinski definition) is 0. The molecule has 0 N–H and O–H groups in total. The zero-order chi connectivity index (χ0) is 31.8. The van der Waals surface area contributed by atoms with Gasteiger partial charge in [0, 0.05) is 25.0 Å². The highest BCUT2D eigenvalue weighted by molar-refractivity contribution is 6.13. The lowest BCUT2D eigenvalue weighted by Crippen LogP contribution is -2.45. The summed E-state index contributed by atoms with van der Waals surface area (Å²) in [7, 11) is 1.86. The van der Waals surface area contributed by atoms with Crippen molar-refractivity contribution in [3.63, 3.8) is 0 Å². The fourth-order valence-corrected chi connectivity index (χ4v) is 6.49. The first kappa shape index (κ1) is 34.2. The number of aliphatic imine (C=N–C) groups is 2. The van der Waals surface area contributed by atoms with Crippen LogP contribution < -0.4 is 0 Å². The van der Waals surface area contributed by atoms with Crippen LogP contribution in [0, 0.1) is 11.8 Å². The van der Waals surface area contributed by atoms with Crippen LogP contribution in [0.1, 0.15) is 119 Å². The quantitative estimate of drug-likeness (QED) is 0.151. The van der Waals surface area contributed by atoms with Gasteiger partial charge in [-0.15, -0.1) is 0 Å². The summed E-state index contributed by atoms with van der Waals surface area (Å²) in [6, 6.07) is 0.870. The summed E-state index contributed by atoms with van der Waals surface area (Å²) in [5, 5.41) is 0. The maximum atomic E-state index is 5.14. The summed E-state index contributed by atoms with van der Waals surface area (Å²) in [4.78, 5) is 14.9. The molecule has 3 aliphatic heterocycles. The van der Waals surface area contributed by atoms with Gasteiger partial charge in [-0.2, -0.15) is 0 Å². The third-order valence-electron chi connectivity index (χ3n) is 10.6. The van der Waals surface area contributed by atoms with Gasteiger partial charge in [0.25, 0.3) is 0 Å². The third kappa shape index (κ3) is 8.30. The van der Waals surface area contributed by atoms with Crippen LogP contribution in [0.5, 0.6) is 0 Å². The van der Waals surface area contributed by atoms with Gasteiger partial charge < -0.3 is 9.80 Å². The topological polar surface area (TPSA) is 31.2 Å². The minimum Gasteiger partial charge on any atom is -0.301 e. The van der Waals surface area contributed by atoms with Crippen LogP contribution in [0.2, 0.25) is 0 Å². The Morgan fingerprint density at radius 2 is 1.77 bits per heavy atom. The van der Waals surface area contributed by atoms with Gasteiger partial charge in [0.2, 0.25) is 0 Å². The third-order valence-corrected chi connectivity index (χ3v) is 10.6. The molecule has 0 spiro atoms. The molecule has 2 saturated carbocycles. The molecule has 5 rings (SSSR count). The molecule has 1 saturated heterocycles. The van der Waals surface area contributed by atoms with E-state index in [1.165, 1.54) is 101 Å². The van der Waals surface area contributed by atoms with Gasteiger partial charge in [-0.25, -0.2) is 4.99 Å². The predicted molar refractivity (Wildman–Crippen MR) is 192 cm³/mol. The molecule has 3 fully saturated rings. The van der Waals surface area contributed by atoms with Crippen molar-refractivity contribution in [3.05, 3.63) is 81.9 Å². The van der Waals surface area contributed by atoms with Gasteiger partial charge in [-0.3, -0.25) is 4.99 Å². The highest BCUT2D eigenvalue weighted by Crippen LogP contribution is 2.39. The van der Waals surface area contributed by atoms with E-state index in [2.05, 4.69) is 93.4 Å². The van der Waals surface area contributed by atoms with Gasteiger partial charge >= 0.3 is 0 Å². The molecule has 0 bridgehead atoms. The minimum absolute atomic E-state index is 0.653. The predicted octanol–water partition coefficient (Wildman–Crippen LogP) is 10.5. The van der Waals surface area contributed by atoms with Gasteiger partial charge in [-0.05, 0) is 145 Å². The number of fused-ring (bicyclic) bond motifs is 1. The molecule has 0 aromatic carbocycles. The van der Waals surface area contributed by atoms with E-state index in [1.807, 2.05) is 14.0 Å². The van der Waals surface area contributed by atoms with Crippen molar-refractivity contribution < 1.29 is 0 Å². The van der Waals surface area contributed by atoms with Crippen molar-refractivity contribution in [1.29, 1.82) is 0 Å². The number of allylic oxidation sites excluding steroid dienone is 9. The van der Waals surface area contributed by atoms with E-state index in [0.717, 1.165) is 40.4 Å². The number of nitrogens with zero attached hydrogens (tertiary/aromatic N) is 4. The second-order valence-corrected chi connectivity index (χ2v) is 13.8. The lowest BCUT2D eigenvalue weighted by Gasteiger charge is -2.43. The Balaban J connectivity index is 0.000000382. The maximum Gasteiger partial charge on any atom is 0.140 e. The highest BCUT2D eigenvalue weighted by atomic mass is 15.2. The number of rotatable bonds is 9. The van der Waals surface area contributed by atoms with Gasteiger partial charge in [0.1, 0.15) is 5.84 Å². The Labute approximate surface area is 269 Å². The smallest absolute Gasteiger partial charge is 0.140 e. The molecule has 1 atom stereocenters. The summed E-state index contributed by atoms with van der Waals surface area (Å²) in [5.41, 5.74) is 11.3. The van der Waals surface area contributed by atoms with E-state index in [4.69, 9.17) is 4.99 Å². The molecule has 44 heavy (non-hydrogen) atoms. The van der Waals surface area contributed by atoms with Crippen LogP contribution in [0.3, 0.4) is 0 Å². The number of amidine groups is 1. The molecule has 0 amide bonds. The molecule has 5 aliphatic rings. The lowest BCUT2D eigenvalue weighted by atomic mass is 9.83. The summed E-state index contributed by atoms with van der Waals surface area (Å²) in [5.74, 6) is 2.50. The largest absolute Gasteiger partial charge is 0.301 e. The first-order valence-corrected chi connectivity index (χ1v) is 17.6. The summed E-state index contributed by atoms with van der Waals surface area (Å²) in [6.45, 7) is 22.0. The maximum absolute atomic E-state index is 5.14. The van der Waals surface area contributed by atoms with Crippen LogP contribution in [0.25, 0.3) is 0 Å². The van der Waals surface area contributed by atoms with Gasteiger partial charge in [-0.1, -0.05) is 63.5 Å². The van der Waals surface area contributed by atoms with Crippen LogP contribution in [0.15, 0.2) is 91.9 Å². The van der Waals surface area contributed by atoms with Crippen LogP contribution >= 0.6 is 0 Å². The van der Waals surface area contributed by atoms with E-state index >= 15 is 0 Å². The number of piperidine rings is 1. The van der Waals surface area contributed by atoms with E-state index in [1.54, 1.807) is 11.1 Å². The Morgan fingerprint density at radius 3 is 2.30 bits per heavy atom. The second kappa shape index (κ2) is 16.0. The number of likely N-dealkylation sites (tertiary alicyclic amines) is 1. The summed E-state index contributed by atoms with van der Waals surface area (Å²) >= 11 is 0.